The van der Waals surface area contributed by atoms with Crippen LogP contribution in [0.15, 0.2) is 30.0 Å². The van der Waals surface area contributed by atoms with E-state index in [1.54, 1.807) is 25.1 Å². The van der Waals surface area contributed by atoms with Crippen molar-refractivity contribution in [1.82, 2.24) is 0 Å². The van der Waals surface area contributed by atoms with E-state index in [1.807, 2.05) is 0 Å². The van der Waals surface area contributed by atoms with Crippen LogP contribution in [0.4, 0.5) is 0 Å². The third-order valence-corrected chi connectivity index (χ3v) is 2.93. The molecule has 6 heteroatoms. The maximum atomic E-state index is 11.3. The molecule has 1 aromatic carbocycles. The Morgan fingerprint density at radius 2 is 2.17 bits per heavy atom. The zero-order valence-corrected chi connectivity index (χ0v) is 12.7. The molecule has 1 aromatic rings. The Morgan fingerprint density at radius 1 is 1.44 bits per heavy atom. The number of hydrogen-bond donors (Lipinski definition) is 0. The number of ether oxygens (including phenoxy) is 2. The summed E-state index contributed by atoms with van der Waals surface area (Å²) in [6.45, 7) is 2.04. The van der Waals surface area contributed by atoms with Gasteiger partial charge in [0, 0.05) is 11.1 Å². The Labute approximate surface area is 124 Å². The molecule has 0 aliphatic heterocycles. The maximum Gasteiger partial charge on any atom is 0.334 e. The van der Waals surface area contributed by atoms with Gasteiger partial charge >= 0.3 is 5.97 Å². The lowest BCUT2D eigenvalue weighted by Gasteiger charge is -2.09. The van der Waals surface area contributed by atoms with Crippen LogP contribution in [-0.4, -0.2) is 17.9 Å². The summed E-state index contributed by atoms with van der Waals surface area (Å²) in [6.07, 6.45) is 1.26. The Morgan fingerprint density at radius 3 is 2.78 bits per heavy atom. The van der Waals surface area contributed by atoms with E-state index in [0.717, 1.165) is 0 Å². The predicted molar refractivity (Wildman–Crippen MR) is 75.6 cm³/mol. The van der Waals surface area contributed by atoms with Crippen molar-refractivity contribution in [1.29, 1.82) is 0 Å². The van der Waals surface area contributed by atoms with E-state index < -0.39 is 5.97 Å². The molecule has 0 atom stereocenters. The standard InChI is InChI=1S/C12H11BrCl2O3/c1-2-17-12(16)6-9(7-13)18-11-5-8(14)3-4-10(11)15/h3-6H,2,7H2,1H3. The third-order valence-electron chi connectivity index (χ3n) is 1.83. The van der Waals surface area contributed by atoms with Crippen LogP contribution in [0.3, 0.4) is 0 Å². The van der Waals surface area contributed by atoms with Crippen molar-refractivity contribution in [2.75, 3.05) is 11.9 Å². The Kier molecular flexibility index (Phi) is 6.54. The number of halogens is 3. The van der Waals surface area contributed by atoms with E-state index in [9.17, 15) is 4.79 Å². The number of carbonyl (C=O) groups excluding carboxylic acids is 1. The van der Waals surface area contributed by atoms with Gasteiger partial charge in [-0.25, -0.2) is 4.79 Å². The topological polar surface area (TPSA) is 35.5 Å². The van der Waals surface area contributed by atoms with Crippen molar-refractivity contribution in [3.63, 3.8) is 0 Å². The van der Waals surface area contributed by atoms with E-state index in [1.165, 1.54) is 6.08 Å². The van der Waals surface area contributed by atoms with Crippen LogP contribution in [0, 0.1) is 0 Å². The molecule has 0 amide bonds. The summed E-state index contributed by atoms with van der Waals surface area (Å²) in [5.74, 6) is 0.307. The lowest BCUT2D eigenvalue weighted by atomic mass is 10.3. The van der Waals surface area contributed by atoms with Gasteiger partial charge in [-0.2, -0.15) is 0 Å². The summed E-state index contributed by atoms with van der Waals surface area (Å²) in [4.78, 5) is 11.3. The van der Waals surface area contributed by atoms with Gasteiger partial charge in [0.2, 0.25) is 0 Å². The monoisotopic (exact) mass is 352 g/mol. The van der Waals surface area contributed by atoms with Crippen molar-refractivity contribution in [2.45, 2.75) is 6.92 Å². The molecule has 0 saturated heterocycles. The van der Waals surface area contributed by atoms with Crippen LogP contribution in [0.2, 0.25) is 10.0 Å². The highest BCUT2D eigenvalue weighted by Crippen LogP contribution is 2.29. The van der Waals surface area contributed by atoms with E-state index >= 15 is 0 Å². The van der Waals surface area contributed by atoms with Crippen LogP contribution in [0.25, 0.3) is 0 Å². The number of rotatable bonds is 5. The minimum Gasteiger partial charge on any atom is -0.463 e. The highest BCUT2D eigenvalue weighted by molar-refractivity contribution is 9.09. The minimum absolute atomic E-state index is 0.308. The Balaban J connectivity index is 2.85. The largest absolute Gasteiger partial charge is 0.463 e. The Hall–Kier alpha value is -0.710. The van der Waals surface area contributed by atoms with Crippen LogP contribution in [0.5, 0.6) is 5.75 Å². The molecule has 0 saturated carbocycles. The molecule has 0 spiro atoms. The predicted octanol–water partition coefficient (Wildman–Crippen LogP) is 4.21. The molecular formula is C12H11BrCl2O3. The van der Waals surface area contributed by atoms with Gasteiger partial charge in [-0.05, 0) is 19.1 Å². The molecule has 18 heavy (non-hydrogen) atoms. The second-order valence-corrected chi connectivity index (χ2v) is 4.58. The molecule has 0 aliphatic rings. The fourth-order valence-electron chi connectivity index (χ4n) is 1.11. The fourth-order valence-corrected chi connectivity index (χ4v) is 1.70. The molecule has 0 bridgehead atoms. The van der Waals surface area contributed by atoms with Gasteiger partial charge in [-0.3, -0.25) is 0 Å². The lowest BCUT2D eigenvalue weighted by Crippen LogP contribution is -2.05. The first kappa shape index (κ1) is 15.3. The number of alkyl halides is 1. The third kappa shape index (κ3) is 4.88. The second kappa shape index (κ2) is 7.67. The normalized spacial score (nSPS) is 11.2. The van der Waals surface area contributed by atoms with Crippen molar-refractivity contribution in [3.05, 3.63) is 40.1 Å². The summed E-state index contributed by atoms with van der Waals surface area (Å²) in [5.41, 5.74) is 0. The highest BCUT2D eigenvalue weighted by atomic mass is 79.9. The smallest absolute Gasteiger partial charge is 0.334 e. The number of benzene rings is 1. The summed E-state index contributed by atoms with van der Waals surface area (Å²) in [6, 6.07) is 4.85. The average molecular weight is 354 g/mol. The summed E-state index contributed by atoms with van der Waals surface area (Å²) < 4.78 is 10.3. The molecular weight excluding hydrogens is 343 g/mol. The maximum absolute atomic E-state index is 11.3. The van der Waals surface area contributed by atoms with Crippen LogP contribution < -0.4 is 4.74 Å². The second-order valence-electron chi connectivity index (χ2n) is 3.17. The SMILES string of the molecule is CCOC(=O)C=C(CBr)Oc1cc(Cl)ccc1Cl. The van der Waals surface area contributed by atoms with Gasteiger partial charge in [0.05, 0.1) is 23.0 Å². The molecule has 0 aromatic heterocycles. The van der Waals surface area contributed by atoms with Gasteiger partial charge < -0.3 is 9.47 Å². The molecule has 1 rings (SSSR count). The molecule has 0 unspecified atom stereocenters. The van der Waals surface area contributed by atoms with Crippen LogP contribution >= 0.6 is 39.1 Å². The lowest BCUT2D eigenvalue weighted by molar-refractivity contribution is -0.137. The zero-order valence-electron chi connectivity index (χ0n) is 9.58. The van der Waals surface area contributed by atoms with Gasteiger partial charge in [0.15, 0.2) is 0 Å². The first-order chi connectivity index (χ1) is 8.56. The van der Waals surface area contributed by atoms with E-state index in [-0.39, 0.29) is 0 Å². The minimum atomic E-state index is -0.467. The van der Waals surface area contributed by atoms with Gasteiger partial charge in [0.1, 0.15) is 11.5 Å². The number of carbonyl (C=O) groups is 1. The molecule has 0 N–H and O–H groups in total. The van der Waals surface area contributed by atoms with E-state index in [4.69, 9.17) is 32.7 Å². The molecule has 98 valence electrons. The molecule has 0 fully saturated rings. The number of allylic oxidation sites excluding steroid dienone is 1. The number of esters is 1. The molecule has 0 heterocycles. The number of hydrogen-bond acceptors (Lipinski definition) is 3. The Bertz CT molecular complexity index is 461. The average Bonchev–Trinajstić information content (AvgIpc) is 2.33. The van der Waals surface area contributed by atoms with Gasteiger partial charge in [-0.15, -0.1) is 0 Å². The summed E-state index contributed by atoms with van der Waals surface area (Å²) in [5, 5.41) is 1.27. The van der Waals surface area contributed by atoms with E-state index in [0.29, 0.717) is 33.5 Å². The van der Waals surface area contributed by atoms with Gasteiger partial charge in [0.25, 0.3) is 0 Å². The molecule has 0 radical (unpaired) electrons. The van der Waals surface area contributed by atoms with Crippen LogP contribution in [0.1, 0.15) is 6.92 Å². The first-order valence-electron chi connectivity index (χ1n) is 5.13. The summed E-state index contributed by atoms with van der Waals surface area (Å²) in [7, 11) is 0. The molecule has 3 nitrogen and oxygen atoms in total. The van der Waals surface area contributed by atoms with Crippen molar-refractivity contribution in [2.24, 2.45) is 0 Å². The first-order valence-corrected chi connectivity index (χ1v) is 7.00. The fraction of sp³-hybridized carbons (Fsp3) is 0.250. The van der Waals surface area contributed by atoms with Crippen molar-refractivity contribution in [3.8, 4) is 5.75 Å². The van der Waals surface area contributed by atoms with Gasteiger partial charge in [-0.1, -0.05) is 39.1 Å². The van der Waals surface area contributed by atoms with Crippen molar-refractivity contribution < 1.29 is 14.3 Å². The summed E-state index contributed by atoms with van der Waals surface area (Å²) >= 11 is 15.0. The van der Waals surface area contributed by atoms with E-state index in [2.05, 4.69) is 15.9 Å². The quantitative estimate of drug-likeness (QED) is 0.344. The van der Waals surface area contributed by atoms with Crippen LogP contribution in [-0.2, 0) is 9.53 Å². The zero-order chi connectivity index (χ0) is 13.5. The molecule has 0 aliphatic carbocycles. The highest BCUT2D eigenvalue weighted by Gasteiger charge is 2.08. The van der Waals surface area contributed by atoms with Crippen molar-refractivity contribution >= 4 is 45.1 Å².